The molecule has 0 aromatic heterocycles. The minimum atomic E-state index is -0.584. The Balaban J connectivity index is 1.91. The molecule has 5 atom stereocenters. The molecule has 0 spiro atoms. The number of hydrogen-bond acceptors (Lipinski definition) is 3. The fourth-order valence-corrected chi connectivity index (χ4v) is 2.59. The standard InChI is InChI=1S/C8H12O3/c1-8(2)3-4(8)6(9)11-7-5(3)10-7/h3-7,9H,1-2H3. The minimum Gasteiger partial charge on any atom is -0.368 e. The molecule has 5 unspecified atom stereocenters. The van der Waals surface area contributed by atoms with Gasteiger partial charge in [0.25, 0.3) is 0 Å². The summed E-state index contributed by atoms with van der Waals surface area (Å²) in [4.78, 5) is 0. The Morgan fingerprint density at radius 1 is 1.18 bits per heavy atom. The summed E-state index contributed by atoms with van der Waals surface area (Å²) in [7, 11) is 0. The van der Waals surface area contributed by atoms with Crippen LogP contribution in [0.2, 0.25) is 0 Å². The summed E-state index contributed by atoms with van der Waals surface area (Å²) in [6.07, 6.45) is -0.384. The molecule has 3 heteroatoms. The van der Waals surface area contributed by atoms with Gasteiger partial charge in [-0.25, -0.2) is 0 Å². The second-order valence-electron chi connectivity index (χ2n) is 4.37. The van der Waals surface area contributed by atoms with Crippen molar-refractivity contribution >= 4 is 0 Å². The SMILES string of the molecule is CC1(C)C2C(O)OC3OC3C21. The third-order valence-corrected chi connectivity index (χ3v) is 3.41. The summed E-state index contributed by atoms with van der Waals surface area (Å²) in [6, 6.07) is 0. The van der Waals surface area contributed by atoms with Gasteiger partial charge in [-0.1, -0.05) is 13.8 Å². The molecule has 1 saturated carbocycles. The van der Waals surface area contributed by atoms with Gasteiger partial charge in [-0.3, -0.25) is 0 Å². The van der Waals surface area contributed by atoms with E-state index in [-0.39, 0.29) is 11.7 Å². The van der Waals surface area contributed by atoms with E-state index in [9.17, 15) is 5.11 Å². The summed E-state index contributed by atoms with van der Waals surface area (Å²) in [6.45, 7) is 4.33. The van der Waals surface area contributed by atoms with Crippen LogP contribution in [0.3, 0.4) is 0 Å². The van der Waals surface area contributed by atoms with Gasteiger partial charge in [0.05, 0.1) is 0 Å². The highest BCUT2D eigenvalue weighted by Crippen LogP contribution is 2.68. The lowest BCUT2D eigenvalue weighted by Crippen LogP contribution is -2.24. The Morgan fingerprint density at radius 3 is 2.64 bits per heavy atom. The van der Waals surface area contributed by atoms with Crippen LogP contribution in [0.15, 0.2) is 0 Å². The van der Waals surface area contributed by atoms with Crippen molar-refractivity contribution in [2.24, 2.45) is 17.3 Å². The van der Waals surface area contributed by atoms with Crippen LogP contribution in [0.25, 0.3) is 0 Å². The zero-order valence-electron chi connectivity index (χ0n) is 6.65. The molecule has 1 N–H and O–H groups in total. The summed E-state index contributed by atoms with van der Waals surface area (Å²) in [5, 5.41) is 9.45. The number of aliphatic hydroxyl groups excluding tert-OH is 1. The first kappa shape index (κ1) is 6.40. The predicted octanol–water partition coefficient (Wildman–Crippen LogP) is 0.332. The summed E-state index contributed by atoms with van der Waals surface area (Å²) in [5.74, 6) is 0.850. The highest BCUT2D eigenvalue weighted by atomic mass is 16.8. The van der Waals surface area contributed by atoms with E-state index in [1.807, 2.05) is 0 Å². The summed E-state index contributed by atoms with van der Waals surface area (Å²) < 4.78 is 10.4. The van der Waals surface area contributed by atoms with Crippen molar-refractivity contribution in [2.45, 2.75) is 32.5 Å². The molecule has 2 heterocycles. The lowest BCUT2D eigenvalue weighted by molar-refractivity contribution is -0.155. The van der Waals surface area contributed by atoms with Gasteiger partial charge in [-0.2, -0.15) is 0 Å². The number of hydrogen-bond donors (Lipinski definition) is 1. The van der Waals surface area contributed by atoms with Gasteiger partial charge >= 0.3 is 0 Å². The van der Waals surface area contributed by atoms with Crippen LogP contribution >= 0.6 is 0 Å². The second kappa shape index (κ2) is 1.49. The average molecular weight is 156 g/mol. The normalized spacial score (nSPS) is 63.0. The highest BCUT2D eigenvalue weighted by molar-refractivity contribution is 5.16. The molecule has 0 radical (unpaired) electrons. The van der Waals surface area contributed by atoms with Crippen molar-refractivity contribution in [3.05, 3.63) is 0 Å². The molecule has 3 aliphatic rings. The molecule has 11 heavy (non-hydrogen) atoms. The van der Waals surface area contributed by atoms with Crippen LogP contribution in [0, 0.1) is 17.3 Å². The first-order valence-electron chi connectivity index (χ1n) is 4.11. The molecule has 2 aliphatic heterocycles. The third kappa shape index (κ3) is 0.604. The largest absolute Gasteiger partial charge is 0.368 e. The maximum Gasteiger partial charge on any atom is 0.187 e. The van der Waals surface area contributed by atoms with Crippen LogP contribution in [0.1, 0.15) is 13.8 Å². The van der Waals surface area contributed by atoms with Crippen LogP contribution in [0.5, 0.6) is 0 Å². The summed E-state index contributed by atoms with van der Waals surface area (Å²) in [5.41, 5.74) is 0.231. The van der Waals surface area contributed by atoms with E-state index in [0.29, 0.717) is 17.9 Å². The van der Waals surface area contributed by atoms with Crippen molar-refractivity contribution in [3.8, 4) is 0 Å². The van der Waals surface area contributed by atoms with Gasteiger partial charge in [-0.15, -0.1) is 0 Å². The molecule has 3 fully saturated rings. The van der Waals surface area contributed by atoms with E-state index in [0.717, 1.165) is 0 Å². The van der Waals surface area contributed by atoms with E-state index >= 15 is 0 Å². The number of epoxide rings is 1. The van der Waals surface area contributed by atoms with Gasteiger partial charge in [0.15, 0.2) is 12.6 Å². The number of ether oxygens (including phenoxy) is 2. The fraction of sp³-hybridized carbons (Fsp3) is 1.00. The maximum absolute atomic E-state index is 9.45. The van der Waals surface area contributed by atoms with Gasteiger partial charge in [0, 0.05) is 11.8 Å². The van der Waals surface area contributed by atoms with Gasteiger partial charge < -0.3 is 14.6 Å². The zero-order chi connectivity index (χ0) is 7.80. The molecule has 62 valence electrons. The van der Waals surface area contributed by atoms with Crippen molar-refractivity contribution in [1.29, 1.82) is 0 Å². The molecule has 3 rings (SSSR count). The highest BCUT2D eigenvalue weighted by Gasteiger charge is 2.74. The van der Waals surface area contributed by atoms with Crippen LogP contribution in [0.4, 0.5) is 0 Å². The molecule has 0 aromatic rings. The Kier molecular flexibility index (Phi) is 0.866. The Bertz CT molecular complexity index is 207. The Morgan fingerprint density at radius 2 is 1.91 bits per heavy atom. The quantitative estimate of drug-likeness (QED) is 0.514. The first-order chi connectivity index (χ1) is 5.12. The van der Waals surface area contributed by atoms with Crippen LogP contribution in [-0.2, 0) is 9.47 Å². The van der Waals surface area contributed by atoms with Gasteiger partial charge in [0.1, 0.15) is 6.10 Å². The van der Waals surface area contributed by atoms with Gasteiger partial charge in [-0.05, 0) is 5.41 Å². The van der Waals surface area contributed by atoms with Crippen molar-refractivity contribution in [3.63, 3.8) is 0 Å². The Labute approximate surface area is 65.3 Å². The Hall–Kier alpha value is -0.120. The van der Waals surface area contributed by atoms with Crippen LogP contribution < -0.4 is 0 Å². The summed E-state index contributed by atoms with van der Waals surface area (Å²) >= 11 is 0. The molecular weight excluding hydrogens is 144 g/mol. The van der Waals surface area contributed by atoms with Gasteiger partial charge in [0.2, 0.25) is 0 Å². The van der Waals surface area contributed by atoms with Crippen LogP contribution in [-0.4, -0.2) is 23.8 Å². The zero-order valence-corrected chi connectivity index (χ0v) is 6.65. The third-order valence-electron chi connectivity index (χ3n) is 3.41. The smallest absolute Gasteiger partial charge is 0.187 e. The fourth-order valence-electron chi connectivity index (χ4n) is 2.59. The number of aliphatic hydroxyl groups is 1. The lowest BCUT2D eigenvalue weighted by Gasteiger charge is -2.12. The average Bonchev–Trinajstić information content (AvgIpc) is 2.69. The molecular formula is C8H12O3. The minimum absolute atomic E-state index is 0.0898. The number of rotatable bonds is 0. The second-order valence-corrected chi connectivity index (χ2v) is 4.37. The monoisotopic (exact) mass is 156 g/mol. The molecule has 0 amide bonds. The van der Waals surface area contributed by atoms with E-state index in [4.69, 9.17) is 9.47 Å². The van der Waals surface area contributed by atoms with E-state index in [1.165, 1.54) is 0 Å². The van der Waals surface area contributed by atoms with E-state index < -0.39 is 6.29 Å². The number of fused-ring (bicyclic) bond motifs is 3. The molecule has 3 nitrogen and oxygen atoms in total. The molecule has 1 aliphatic carbocycles. The van der Waals surface area contributed by atoms with Crippen molar-refractivity contribution in [1.82, 2.24) is 0 Å². The first-order valence-corrected chi connectivity index (χ1v) is 4.11. The lowest BCUT2D eigenvalue weighted by atomic mass is 10.1. The topological polar surface area (TPSA) is 42.0 Å². The maximum atomic E-state index is 9.45. The van der Waals surface area contributed by atoms with Crippen molar-refractivity contribution < 1.29 is 14.6 Å². The molecule has 0 aromatic carbocycles. The van der Waals surface area contributed by atoms with Crippen molar-refractivity contribution in [2.75, 3.05) is 0 Å². The molecule has 2 saturated heterocycles. The predicted molar refractivity (Wildman–Crippen MR) is 36.5 cm³/mol. The van der Waals surface area contributed by atoms with E-state index in [1.54, 1.807) is 0 Å². The molecule has 0 bridgehead atoms. The van der Waals surface area contributed by atoms with E-state index in [2.05, 4.69) is 13.8 Å².